The van der Waals surface area contributed by atoms with Crippen LogP contribution in [0.1, 0.15) is 18.4 Å². The van der Waals surface area contributed by atoms with E-state index in [1.807, 2.05) is 12.1 Å². The molecular weight excluding hydrogens is 280 g/mol. The van der Waals surface area contributed by atoms with Crippen molar-refractivity contribution in [2.24, 2.45) is 11.8 Å². The Morgan fingerprint density at radius 1 is 1.35 bits per heavy atom. The monoisotopic (exact) mass is 296 g/mol. The van der Waals surface area contributed by atoms with Crippen LogP contribution < -0.4 is 9.47 Å². The average molecular weight is 297 g/mol. The lowest BCUT2D eigenvalue weighted by Gasteiger charge is -2.19. The quantitative estimate of drug-likeness (QED) is 0.802. The van der Waals surface area contributed by atoms with Gasteiger partial charge in [-0.2, -0.15) is 0 Å². The van der Waals surface area contributed by atoms with Crippen LogP contribution in [0.25, 0.3) is 0 Å². The number of carbonyl (C=O) groups excluding carboxylic acids is 1. The summed E-state index contributed by atoms with van der Waals surface area (Å²) in [6.07, 6.45) is 2.71. The minimum atomic E-state index is -0.0942. The number of fused-ring (bicyclic) bond motifs is 1. The number of halogens is 1. The van der Waals surface area contributed by atoms with Gasteiger partial charge in [-0.25, -0.2) is 0 Å². The average Bonchev–Trinajstić information content (AvgIpc) is 3.24. The normalized spacial score (nSPS) is 23.3. The molecule has 4 nitrogen and oxygen atoms in total. The van der Waals surface area contributed by atoms with Crippen molar-refractivity contribution in [3.05, 3.63) is 22.7 Å². The zero-order valence-electron chi connectivity index (χ0n) is 11.4. The van der Waals surface area contributed by atoms with Crippen molar-refractivity contribution in [2.75, 3.05) is 20.3 Å². The maximum atomic E-state index is 11.4. The molecule has 1 aromatic carbocycles. The van der Waals surface area contributed by atoms with E-state index in [1.165, 1.54) is 7.11 Å². The van der Waals surface area contributed by atoms with Crippen molar-refractivity contribution in [3.8, 4) is 11.5 Å². The molecule has 0 N–H and O–H groups in total. The Hall–Kier alpha value is -1.42. The Kier molecular flexibility index (Phi) is 3.74. The Morgan fingerprint density at radius 2 is 2.05 bits per heavy atom. The van der Waals surface area contributed by atoms with Crippen LogP contribution in [0.3, 0.4) is 0 Å². The number of ether oxygens (including phenoxy) is 3. The summed E-state index contributed by atoms with van der Waals surface area (Å²) < 4.78 is 15.8. The lowest BCUT2D eigenvalue weighted by Crippen LogP contribution is -2.15. The first-order valence-electron chi connectivity index (χ1n) is 6.85. The molecule has 1 saturated carbocycles. The highest BCUT2D eigenvalue weighted by molar-refractivity contribution is 6.31. The van der Waals surface area contributed by atoms with Crippen molar-refractivity contribution in [2.45, 2.75) is 19.3 Å². The molecule has 1 aromatic rings. The van der Waals surface area contributed by atoms with Crippen LogP contribution in [-0.4, -0.2) is 26.3 Å². The third kappa shape index (κ3) is 2.70. The summed E-state index contributed by atoms with van der Waals surface area (Å²) in [5.41, 5.74) is 1.05. The van der Waals surface area contributed by atoms with Crippen molar-refractivity contribution in [1.29, 1.82) is 0 Å². The molecule has 2 aliphatic rings. The first-order valence-corrected chi connectivity index (χ1v) is 7.22. The van der Waals surface area contributed by atoms with Crippen LogP contribution in [0.5, 0.6) is 11.5 Å². The summed E-state index contributed by atoms with van der Waals surface area (Å²) in [7, 11) is 1.44. The number of esters is 1. The standard InChI is InChI=1S/C15H17ClO4/c1-18-15(17)11-6-9(11)2-3-10-7-13-14(8-12(10)16)20-5-4-19-13/h7-9,11H,2-6H2,1H3. The van der Waals surface area contributed by atoms with E-state index in [9.17, 15) is 4.79 Å². The highest BCUT2D eigenvalue weighted by Crippen LogP contribution is 2.44. The smallest absolute Gasteiger partial charge is 0.308 e. The number of aryl methyl sites for hydroxylation is 1. The number of hydrogen-bond acceptors (Lipinski definition) is 4. The number of rotatable bonds is 4. The highest BCUT2D eigenvalue weighted by Gasteiger charge is 2.43. The molecular formula is C15H17ClO4. The van der Waals surface area contributed by atoms with E-state index in [2.05, 4.69) is 0 Å². The van der Waals surface area contributed by atoms with Crippen LogP contribution in [0.4, 0.5) is 0 Å². The summed E-state index contributed by atoms with van der Waals surface area (Å²) in [6, 6.07) is 3.77. The molecule has 0 radical (unpaired) electrons. The van der Waals surface area contributed by atoms with E-state index in [-0.39, 0.29) is 11.9 Å². The molecule has 0 bridgehead atoms. The van der Waals surface area contributed by atoms with Crippen molar-refractivity contribution < 1.29 is 19.0 Å². The van der Waals surface area contributed by atoms with Gasteiger partial charge in [-0.15, -0.1) is 0 Å². The van der Waals surface area contributed by atoms with Crippen LogP contribution in [0, 0.1) is 11.8 Å². The summed E-state index contributed by atoms with van der Waals surface area (Å²) in [5, 5.41) is 0.699. The Bertz CT molecular complexity index is 529. The molecule has 20 heavy (non-hydrogen) atoms. The van der Waals surface area contributed by atoms with E-state index in [0.717, 1.165) is 30.6 Å². The van der Waals surface area contributed by atoms with Gasteiger partial charge < -0.3 is 14.2 Å². The number of carbonyl (C=O) groups is 1. The maximum Gasteiger partial charge on any atom is 0.308 e. The molecule has 3 rings (SSSR count). The molecule has 1 fully saturated rings. The maximum absolute atomic E-state index is 11.4. The molecule has 0 amide bonds. The minimum absolute atomic E-state index is 0.0796. The SMILES string of the molecule is COC(=O)C1CC1CCc1cc2c(cc1Cl)OCCO2. The highest BCUT2D eigenvalue weighted by atomic mass is 35.5. The fourth-order valence-electron chi connectivity index (χ4n) is 2.65. The van der Waals surface area contributed by atoms with E-state index in [4.69, 9.17) is 25.8 Å². The number of benzene rings is 1. The predicted octanol–water partition coefficient (Wildman–Crippen LogP) is 2.85. The fourth-order valence-corrected chi connectivity index (χ4v) is 2.89. The van der Waals surface area contributed by atoms with Crippen LogP contribution >= 0.6 is 11.6 Å². The molecule has 1 heterocycles. The van der Waals surface area contributed by atoms with Gasteiger partial charge in [0.25, 0.3) is 0 Å². The molecule has 0 spiro atoms. The van der Waals surface area contributed by atoms with Crippen molar-refractivity contribution >= 4 is 17.6 Å². The largest absolute Gasteiger partial charge is 0.486 e. The number of hydrogen-bond donors (Lipinski definition) is 0. The second kappa shape index (κ2) is 5.52. The van der Waals surface area contributed by atoms with E-state index in [0.29, 0.717) is 29.9 Å². The molecule has 1 aliphatic heterocycles. The topological polar surface area (TPSA) is 44.8 Å². The van der Waals surface area contributed by atoms with Crippen LogP contribution in [0.2, 0.25) is 5.02 Å². The third-order valence-corrected chi connectivity index (χ3v) is 4.27. The van der Waals surface area contributed by atoms with Gasteiger partial charge >= 0.3 is 5.97 Å². The van der Waals surface area contributed by atoms with Gasteiger partial charge in [0.05, 0.1) is 13.0 Å². The first kappa shape index (κ1) is 13.6. The lowest BCUT2D eigenvalue weighted by atomic mass is 10.1. The zero-order chi connectivity index (χ0) is 14.1. The Labute approximate surface area is 123 Å². The summed E-state index contributed by atoms with van der Waals surface area (Å²) in [6.45, 7) is 1.13. The van der Waals surface area contributed by atoms with Gasteiger partial charge in [0.15, 0.2) is 11.5 Å². The predicted molar refractivity (Wildman–Crippen MR) is 74.4 cm³/mol. The molecule has 2 atom stereocenters. The molecule has 0 aromatic heterocycles. The van der Waals surface area contributed by atoms with Gasteiger partial charge in [-0.1, -0.05) is 11.6 Å². The summed E-state index contributed by atoms with van der Waals surface area (Å²) in [5.74, 6) is 1.88. The van der Waals surface area contributed by atoms with Gasteiger partial charge in [0, 0.05) is 11.1 Å². The zero-order valence-corrected chi connectivity index (χ0v) is 12.1. The number of methoxy groups -OCH3 is 1. The Morgan fingerprint density at radius 3 is 2.75 bits per heavy atom. The second-order valence-electron chi connectivity index (χ2n) is 5.25. The van der Waals surface area contributed by atoms with Gasteiger partial charge in [-0.3, -0.25) is 4.79 Å². The van der Waals surface area contributed by atoms with E-state index in [1.54, 1.807) is 0 Å². The lowest BCUT2D eigenvalue weighted by molar-refractivity contribution is -0.142. The van der Waals surface area contributed by atoms with E-state index < -0.39 is 0 Å². The van der Waals surface area contributed by atoms with E-state index >= 15 is 0 Å². The summed E-state index contributed by atoms with van der Waals surface area (Å²) >= 11 is 6.26. The minimum Gasteiger partial charge on any atom is -0.486 e. The molecule has 2 unspecified atom stereocenters. The fraction of sp³-hybridized carbons (Fsp3) is 0.533. The Balaban J connectivity index is 1.62. The molecule has 1 aliphatic carbocycles. The molecule has 5 heteroatoms. The van der Waals surface area contributed by atoms with Crippen LogP contribution in [0.15, 0.2) is 12.1 Å². The van der Waals surface area contributed by atoms with Gasteiger partial charge in [-0.05, 0) is 36.8 Å². The second-order valence-corrected chi connectivity index (χ2v) is 5.66. The first-order chi connectivity index (χ1) is 9.69. The molecule has 108 valence electrons. The summed E-state index contributed by atoms with van der Waals surface area (Å²) in [4.78, 5) is 11.4. The molecule has 0 saturated heterocycles. The van der Waals surface area contributed by atoms with Gasteiger partial charge in [0.2, 0.25) is 0 Å². The third-order valence-electron chi connectivity index (χ3n) is 3.92. The van der Waals surface area contributed by atoms with Crippen molar-refractivity contribution in [1.82, 2.24) is 0 Å². The van der Waals surface area contributed by atoms with Crippen molar-refractivity contribution in [3.63, 3.8) is 0 Å². The van der Waals surface area contributed by atoms with Crippen LogP contribution in [-0.2, 0) is 16.0 Å². The van der Waals surface area contributed by atoms with Gasteiger partial charge in [0.1, 0.15) is 13.2 Å².